The van der Waals surface area contributed by atoms with Crippen molar-refractivity contribution in [2.45, 2.75) is 50.7 Å². The van der Waals surface area contributed by atoms with Gasteiger partial charge in [0.2, 0.25) is 5.65 Å². The molecule has 3 atom stereocenters. The second kappa shape index (κ2) is 5.26. The number of hydrogen-bond acceptors (Lipinski definition) is 5. The molecule has 0 bridgehead atoms. The van der Waals surface area contributed by atoms with Gasteiger partial charge in [-0.1, -0.05) is 12.8 Å². The van der Waals surface area contributed by atoms with Crippen LogP contribution in [0.1, 0.15) is 38.5 Å². The summed E-state index contributed by atoms with van der Waals surface area (Å²) in [6, 6.07) is 0.385. The summed E-state index contributed by atoms with van der Waals surface area (Å²) in [5.41, 5.74) is 0.815. The van der Waals surface area contributed by atoms with Crippen molar-refractivity contribution in [1.82, 2.24) is 19.6 Å². The van der Waals surface area contributed by atoms with Gasteiger partial charge in [0.15, 0.2) is 5.82 Å². The molecule has 2 aliphatic rings. The van der Waals surface area contributed by atoms with E-state index >= 15 is 0 Å². The van der Waals surface area contributed by atoms with Gasteiger partial charge in [-0.25, -0.2) is 4.98 Å². The van der Waals surface area contributed by atoms with Crippen molar-refractivity contribution < 1.29 is 5.11 Å². The summed E-state index contributed by atoms with van der Waals surface area (Å²) in [7, 11) is 0. The topological polar surface area (TPSA) is 66.5 Å². The van der Waals surface area contributed by atoms with E-state index in [1.807, 2.05) is 10.6 Å². The van der Waals surface area contributed by atoms with E-state index in [0.29, 0.717) is 12.0 Å². The Morgan fingerprint density at radius 1 is 1.14 bits per heavy atom. The van der Waals surface area contributed by atoms with Crippen LogP contribution in [0.5, 0.6) is 0 Å². The molecule has 2 aromatic rings. The van der Waals surface area contributed by atoms with Crippen molar-refractivity contribution in [1.29, 1.82) is 0 Å². The lowest BCUT2D eigenvalue weighted by atomic mass is 9.80. The quantitative estimate of drug-likeness (QED) is 0.909. The molecule has 6 nitrogen and oxygen atoms in total. The van der Waals surface area contributed by atoms with E-state index in [0.717, 1.165) is 50.1 Å². The molecule has 6 heteroatoms. The third kappa shape index (κ3) is 2.18. The summed E-state index contributed by atoms with van der Waals surface area (Å²) in [4.78, 5) is 6.90. The summed E-state index contributed by atoms with van der Waals surface area (Å²) in [5.74, 6) is 1.28. The highest BCUT2D eigenvalue weighted by Crippen LogP contribution is 2.37. The number of aliphatic hydroxyl groups is 1. The van der Waals surface area contributed by atoms with Crippen LogP contribution in [0.4, 0.5) is 5.82 Å². The molecular weight excluding hydrogens is 266 g/mol. The van der Waals surface area contributed by atoms with E-state index in [1.165, 1.54) is 6.42 Å². The van der Waals surface area contributed by atoms with Crippen LogP contribution in [0.2, 0.25) is 0 Å². The minimum Gasteiger partial charge on any atom is -0.393 e. The molecule has 0 unspecified atom stereocenters. The number of anilines is 1. The third-order valence-electron chi connectivity index (χ3n) is 5.04. The lowest BCUT2D eigenvalue weighted by Crippen LogP contribution is -2.43. The fraction of sp³-hybridized carbons (Fsp3) is 0.667. The van der Waals surface area contributed by atoms with Crippen molar-refractivity contribution in [2.75, 3.05) is 11.4 Å². The van der Waals surface area contributed by atoms with Crippen LogP contribution in [-0.4, -0.2) is 43.4 Å². The molecular formula is C15H21N5O. The van der Waals surface area contributed by atoms with Gasteiger partial charge in [-0.05, 0) is 25.7 Å². The van der Waals surface area contributed by atoms with Gasteiger partial charge in [-0.2, -0.15) is 0 Å². The Morgan fingerprint density at radius 3 is 2.95 bits per heavy atom. The number of aromatic nitrogens is 4. The van der Waals surface area contributed by atoms with E-state index < -0.39 is 0 Å². The summed E-state index contributed by atoms with van der Waals surface area (Å²) in [6.45, 7) is 0.993. The highest BCUT2D eigenvalue weighted by atomic mass is 16.3. The van der Waals surface area contributed by atoms with Crippen LogP contribution in [0.25, 0.3) is 5.65 Å². The first-order valence-corrected chi connectivity index (χ1v) is 7.93. The van der Waals surface area contributed by atoms with Gasteiger partial charge in [0.05, 0.1) is 6.10 Å². The van der Waals surface area contributed by atoms with E-state index in [2.05, 4.69) is 20.1 Å². The summed E-state index contributed by atoms with van der Waals surface area (Å²) >= 11 is 0. The molecule has 1 aliphatic carbocycles. The molecule has 1 aliphatic heterocycles. The number of aliphatic hydroxyl groups excluding tert-OH is 1. The van der Waals surface area contributed by atoms with Crippen molar-refractivity contribution in [2.24, 2.45) is 5.92 Å². The van der Waals surface area contributed by atoms with Crippen LogP contribution in [0.15, 0.2) is 18.7 Å². The minimum atomic E-state index is -0.165. The molecule has 2 aromatic heterocycles. The number of hydrogen-bond donors (Lipinski definition) is 1. The molecule has 3 heterocycles. The maximum atomic E-state index is 10.4. The Hall–Kier alpha value is -1.69. The van der Waals surface area contributed by atoms with Crippen LogP contribution in [-0.2, 0) is 0 Å². The summed E-state index contributed by atoms with van der Waals surface area (Å²) in [5, 5.41) is 18.6. The van der Waals surface area contributed by atoms with Gasteiger partial charge in [0.25, 0.3) is 0 Å². The van der Waals surface area contributed by atoms with Crippen molar-refractivity contribution in [3.05, 3.63) is 18.7 Å². The highest BCUT2D eigenvalue weighted by Gasteiger charge is 2.38. The molecule has 1 N–H and O–H groups in total. The van der Waals surface area contributed by atoms with E-state index in [-0.39, 0.29) is 6.10 Å². The standard InChI is InChI=1S/C15H21N5O/c21-13-6-2-1-4-11(13)12-5-3-8-20(12)14-15-18-17-10-19(15)9-7-16-14/h7,9-13,21H,1-6,8H2/t11-,12+,13-/m1/s1. The van der Waals surface area contributed by atoms with Gasteiger partial charge < -0.3 is 10.0 Å². The van der Waals surface area contributed by atoms with Gasteiger partial charge >= 0.3 is 0 Å². The summed E-state index contributed by atoms with van der Waals surface area (Å²) in [6.07, 6.45) is 12.0. The van der Waals surface area contributed by atoms with Crippen LogP contribution < -0.4 is 4.90 Å². The Bertz CT molecular complexity index is 627. The monoisotopic (exact) mass is 287 g/mol. The Labute approximate surface area is 123 Å². The van der Waals surface area contributed by atoms with Crippen LogP contribution in [0.3, 0.4) is 0 Å². The average molecular weight is 287 g/mol. The molecule has 0 spiro atoms. The molecule has 0 aromatic carbocycles. The number of fused-ring (bicyclic) bond motifs is 1. The van der Waals surface area contributed by atoms with Gasteiger partial charge in [-0.3, -0.25) is 4.40 Å². The van der Waals surface area contributed by atoms with Crippen LogP contribution >= 0.6 is 0 Å². The maximum Gasteiger partial charge on any atom is 0.203 e. The summed E-state index contributed by atoms with van der Waals surface area (Å²) < 4.78 is 1.91. The number of nitrogens with zero attached hydrogens (tertiary/aromatic N) is 5. The minimum absolute atomic E-state index is 0.165. The normalized spacial score (nSPS) is 30.1. The molecule has 2 fully saturated rings. The van der Waals surface area contributed by atoms with E-state index in [4.69, 9.17) is 0 Å². The van der Waals surface area contributed by atoms with Crippen molar-refractivity contribution >= 4 is 11.5 Å². The first kappa shape index (κ1) is 13.0. The Balaban J connectivity index is 1.68. The third-order valence-corrected chi connectivity index (χ3v) is 5.04. The first-order valence-electron chi connectivity index (χ1n) is 7.93. The molecule has 0 amide bonds. The molecule has 0 radical (unpaired) electrons. The molecule has 112 valence electrons. The SMILES string of the molecule is O[C@@H]1CCCC[C@@H]1[C@@H]1CCCN1c1nccn2cnnc12. The number of rotatable bonds is 2. The smallest absolute Gasteiger partial charge is 0.203 e. The van der Waals surface area contributed by atoms with Gasteiger partial charge in [0.1, 0.15) is 6.33 Å². The average Bonchev–Trinajstić information content (AvgIpc) is 3.16. The first-order chi connectivity index (χ1) is 10.3. The molecule has 1 saturated carbocycles. The zero-order chi connectivity index (χ0) is 14.2. The van der Waals surface area contributed by atoms with Crippen molar-refractivity contribution in [3.8, 4) is 0 Å². The van der Waals surface area contributed by atoms with Crippen molar-refractivity contribution in [3.63, 3.8) is 0 Å². The maximum absolute atomic E-state index is 10.4. The fourth-order valence-electron chi connectivity index (χ4n) is 4.04. The van der Waals surface area contributed by atoms with E-state index in [1.54, 1.807) is 12.5 Å². The second-order valence-electron chi connectivity index (χ2n) is 6.23. The zero-order valence-corrected chi connectivity index (χ0v) is 12.1. The lowest BCUT2D eigenvalue weighted by Gasteiger charge is -2.37. The fourth-order valence-corrected chi connectivity index (χ4v) is 4.04. The van der Waals surface area contributed by atoms with E-state index in [9.17, 15) is 5.11 Å². The zero-order valence-electron chi connectivity index (χ0n) is 12.1. The second-order valence-corrected chi connectivity index (χ2v) is 6.23. The predicted octanol–water partition coefficient (Wildman–Crippen LogP) is 1.64. The van der Waals surface area contributed by atoms with Gasteiger partial charge in [0, 0.05) is 30.9 Å². The predicted molar refractivity (Wildman–Crippen MR) is 79.1 cm³/mol. The molecule has 4 rings (SSSR count). The Kier molecular flexibility index (Phi) is 3.25. The lowest BCUT2D eigenvalue weighted by molar-refractivity contribution is 0.0565. The highest BCUT2D eigenvalue weighted by molar-refractivity contribution is 5.64. The largest absolute Gasteiger partial charge is 0.393 e. The molecule has 1 saturated heterocycles. The molecule has 21 heavy (non-hydrogen) atoms. The van der Waals surface area contributed by atoms with Gasteiger partial charge in [-0.15, -0.1) is 10.2 Å². The van der Waals surface area contributed by atoms with Crippen LogP contribution in [0, 0.1) is 5.92 Å². The Morgan fingerprint density at radius 2 is 2.05 bits per heavy atom.